The first-order chi connectivity index (χ1) is 9.09. The van der Waals surface area contributed by atoms with Crippen LogP contribution in [0.15, 0.2) is 0 Å². The molecule has 1 N–H and O–H groups in total. The van der Waals surface area contributed by atoms with Crippen molar-refractivity contribution < 1.29 is 4.79 Å². The lowest BCUT2D eigenvalue weighted by Gasteiger charge is -2.42. The molecule has 0 spiro atoms. The third-order valence-electron chi connectivity index (χ3n) is 4.35. The molecule has 0 saturated carbocycles. The highest BCUT2D eigenvalue weighted by molar-refractivity contribution is 5.82. The Hall–Kier alpha value is -0.650. The summed E-state index contributed by atoms with van der Waals surface area (Å²) in [6.07, 6.45) is 1.07. The monoisotopic (exact) mass is 268 g/mol. The minimum absolute atomic E-state index is 0.0363. The second kappa shape index (κ2) is 6.68. The predicted molar refractivity (Wildman–Crippen MR) is 77.2 cm³/mol. The third kappa shape index (κ3) is 3.68. The zero-order chi connectivity index (χ0) is 13.8. The molecule has 19 heavy (non-hydrogen) atoms. The molecule has 0 aromatic heterocycles. The van der Waals surface area contributed by atoms with Gasteiger partial charge in [0.25, 0.3) is 0 Å². The van der Waals surface area contributed by atoms with Crippen LogP contribution in [0.1, 0.15) is 20.3 Å². The van der Waals surface area contributed by atoms with Gasteiger partial charge in [0.1, 0.15) is 6.04 Å². The number of carbonyl (C=O) groups excluding carboxylic acids is 1. The van der Waals surface area contributed by atoms with Gasteiger partial charge in [-0.25, -0.2) is 0 Å². The summed E-state index contributed by atoms with van der Waals surface area (Å²) in [7, 11) is 2.08. The molecule has 2 aliphatic rings. The number of carbonyl (C=O) groups is 1. The molecule has 2 rings (SSSR count). The number of hydrogen-bond donors (Lipinski definition) is 1. The van der Waals surface area contributed by atoms with E-state index in [0.717, 1.165) is 52.2 Å². The Morgan fingerprint density at radius 3 is 2.68 bits per heavy atom. The van der Waals surface area contributed by atoms with Crippen molar-refractivity contribution in [2.45, 2.75) is 32.4 Å². The van der Waals surface area contributed by atoms with Crippen LogP contribution >= 0.6 is 0 Å². The van der Waals surface area contributed by atoms with E-state index in [2.05, 4.69) is 36.0 Å². The fraction of sp³-hybridized carbons (Fsp3) is 0.929. The van der Waals surface area contributed by atoms with Crippen LogP contribution in [-0.4, -0.2) is 85.6 Å². The van der Waals surface area contributed by atoms with Crippen molar-refractivity contribution in [2.24, 2.45) is 0 Å². The topological polar surface area (TPSA) is 38.8 Å². The van der Waals surface area contributed by atoms with Gasteiger partial charge in [0, 0.05) is 45.3 Å². The molecule has 110 valence electrons. The second-order valence-corrected chi connectivity index (χ2v) is 6.01. The van der Waals surface area contributed by atoms with Gasteiger partial charge < -0.3 is 10.2 Å². The molecule has 2 saturated heterocycles. The molecule has 5 heteroatoms. The minimum Gasteiger partial charge on any atom is -0.340 e. The zero-order valence-corrected chi connectivity index (χ0v) is 12.6. The predicted octanol–water partition coefficient (Wildman–Crippen LogP) is -0.167. The van der Waals surface area contributed by atoms with E-state index in [0.29, 0.717) is 11.9 Å². The van der Waals surface area contributed by atoms with E-state index >= 15 is 0 Å². The van der Waals surface area contributed by atoms with E-state index in [1.54, 1.807) is 0 Å². The van der Waals surface area contributed by atoms with E-state index in [1.807, 2.05) is 4.90 Å². The fourth-order valence-corrected chi connectivity index (χ4v) is 2.91. The molecular formula is C14H28N4O. The average molecular weight is 268 g/mol. The lowest BCUT2D eigenvalue weighted by atomic mass is 10.1. The quantitative estimate of drug-likeness (QED) is 0.755. The van der Waals surface area contributed by atoms with Gasteiger partial charge in [0.15, 0.2) is 0 Å². The maximum Gasteiger partial charge on any atom is 0.241 e. The van der Waals surface area contributed by atoms with Crippen LogP contribution in [0, 0.1) is 0 Å². The van der Waals surface area contributed by atoms with E-state index in [1.165, 1.54) is 0 Å². The highest BCUT2D eigenvalue weighted by Gasteiger charge is 2.33. The van der Waals surface area contributed by atoms with Crippen LogP contribution < -0.4 is 5.32 Å². The van der Waals surface area contributed by atoms with E-state index in [9.17, 15) is 4.79 Å². The van der Waals surface area contributed by atoms with Crippen LogP contribution in [0.5, 0.6) is 0 Å². The molecule has 0 aromatic rings. The van der Waals surface area contributed by atoms with Gasteiger partial charge in [0.05, 0.1) is 0 Å². The number of hydrogen-bond acceptors (Lipinski definition) is 4. The van der Waals surface area contributed by atoms with Gasteiger partial charge in [-0.05, 0) is 33.9 Å². The van der Waals surface area contributed by atoms with Crippen LogP contribution in [0.4, 0.5) is 0 Å². The first kappa shape index (κ1) is 14.8. The average Bonchev–Trinajstić information content (AvgIpc) is 2.67. The summed E-state index contributed by atoms with van der Waals surface area (Å²) >= 11 is 0. The molecule has 2 aliphatic heterocycles. The van der Waals surface area contributed by atoms with Crippen molar-refractivity contribution in [1.29, 1.82) is 0 Å². The van der Waals surface area contributed by atoms with Crippen molar-refractivity contribution in [1.82, 2.24) is 20.0 Å². The number of nitrogens with zero attached hydrogens (tertiary/aromatic N) is 3. The summed E-state index contributed by atoms with van der Waals surface area (Å²) in [6, 6.07) is 0.559. The Balaban J connectivity index is 1.98. The van der Waals surface area contributed by atoms with Gasteiger partial charge in [-0.3, -0.25) is 14.6 Å². The lowest BCUT2D eigenvalue weighted by Crippen LogP contribution is -2.59. The maximum atomic E-state index is 12.7. The highest BCUT2D eigenvalue weighted by Crippen LogP contribution is 2.13. The molecule has 2 heterocycles. The van der Waals surface area contributed by atoms with Crippen LogP contribution in [0.3, 0.4) is 0 Å². The van der Waals surface area contributed by atoms with Gasteiger partial charge in [-0.15, -0.1) is 0 Å². The Morgan fingerprint density at radius 2 is 1.95 bits per heavy atom. The molecule has 5 nitrogen and oxygen atoms in total. The first-order valence-corrected chi connectivity index (χ1v) is 7.53. The Kier molecular flexibility index (Phi) is 5.19. The molecule has 0 bridgehead atoms. The van der Waals surface area contributed by atoms with Gasteiger partial charge in [-0.2, -0.15) is 0 Å². The maximum absolute atomic E-state index is 12.7. The largest absolute Gasteiger partial charge is 0.340 e. The van der Waals surface area contributed by atoms with Crippen molar-refractivity contribution in [3.63, 3.8) is 0 Å². The molecule has 0 aliphatic carbocycles. The van der Waals surface area contributed by atoms with E-state index < -0.39 is 0 Å². The van der Waals surface area contributed by atoms with Crippen LogP contribution in [-0.2, 0) is 4.79 Å². The standard InChI is InChI=1S/C14H28N4O/c1-12(2)18-10-9-16(3)13(11-18)14(19)17-7-4-5-15-6-8-17/h12-13,15H,4-11H2,1-3H3. The van der Waals surface area contributed by atoms with E-state index in [4.69, 9.17) is 0 Å². The summed E-state index contributed by atoms with van der Waals surface area (Å²) in [5, 5.41) is 3.36. The number of amides is 1. The SMILES string of the molecule is CC(C)N1CCN(C)C(C(=O)N2CCCNCC2)C1. The fourth-order valence-electron chi connectivity index (χ4n) is 2.91. The summed E-state index contributed by atoms with van der Waals surface area (Å²) in [5.74, 6) is 0.316. The summed E-state index contributed by atoms with van der Waals surface area (Å²) < 4.78 is 0. The smallest absolute Gasteiger partial charge is 0.241 e. The lowest BCUT2D eigenvalue weighted by molar-refractivity contribution is -0.138. The number of rotatable bonds is 2. The highest BCUT2D eigenvalue weighted by atomic mass is 16.2. The van der Waals surface area contributed by atoms with Crippen LogP contribution in [0.2, 0.25) is 0 Å². The zero-order valence-electron chi connectivity index (χ0n) is 12.6. The summed E-state index contributed by atoms with van der Waals surface area (Å²) in [5.41, 5.74) is 0. The van der Waals surface area contributed by atoms with Crippen molar-refractivity contribution in [3.05, 3.63) is 0 Å². The molecule has 0 aromatic carbocycles. The Labute approximate surface area is 116 Å². The molecule has 1 unspecified atom stereocenters. The number of nitrogens with one attached hydrogen (secondary N) is 1. The number of piperazine rings is 1. The third-order valence-corrected chi connectivity index (χ3v) is 4.35. The molecular weight excluding hydrogens is 240 g/mol. The Morgan fingerprint density at radius 1 is 1.16 bits per heavy atom. The second-order valence-electron chi connectivity index (χ2n) is 6.01. The Bertz CT molecular complexity index is 300. The summed E-state index contributed by atoms with van der Waals surface area (Å²) in [6.45, 7) is 11.1. The minimum atomic E-state index is 0.0363. The van der Waals surface area contributed by atoms with Gasteiger partial charge in [0.2, 0.25) is 5.91 Å². The molecule has 0 radical (unpaired) electrons. The number of likely N-dealkylation sites (N-methyl/N-ethyl adjacent to an activating group) is 1. The normalized spacial score (nSPS) is 27.6. The summed E-state index contributed by atoms with van der Waals surface area (Å²) in [4.78, 5) is 19.4. The van der Waals surface area contributed by atoms with Crippen molar-refractivity contribution >= 4 is 5.91 Å². The first-order valence-electron chi connectivity index (χ1n) is 7.53. The van der Waals surface area contributed by atoms with Crippen molar-refractivity contribution in [2.75, 3.05) is 52.9 Å². The molecule has 2 fully saturated rings. The van der Waals surface area contributed by atoms with Gasteiger partial charge >= 0.3 is 0 Å². The van der Waals surface area contributed by atoms with Crippen LogP contribution in [0.25, 0.3) is 0 Å². The van der Waals surface area contributed by atoms with E-state index in [-0.39, 0.29) is 6.04 Å². The van der Waals surface area contributed by atoms with Crippen molar-refractivity contribution in [3.8, 4) is 0 Å². The van der Waals surface area contributed by atoms with Gasteiger partial charge in [-0.1, -0.05) is 0 Å². The molecule has 1 amide bonds. The molecule has 1 atom stereocenters.